The van der Waals surface area contributed by atoms with Gasteiger partial charge < -0.3 is 28.5 Å². The molecule has 0 fully saturated rings. The van der Waals surface area contributed by atoms with Gasteiger partial charge in [-0.05, 0) is 85.0 Å². The summed E-state index contributed by atoms with van der Waals surface area (Å²) >= 11 is 0. The number of hydrogen-bond acceptors (Lipinski definition) is 6. The van der Waals surface area contributed by atoms with Gasteiger partial charge in [-0.2, -0.15) is 0 Å². The van der Waals surface area contributed by atoms with Crippen LogP contribution in [-0.2, 0) is 0 Å². The zero-order valence-corrected chi connectivity index (χ0v) is 31.4. The molecule has 8 heteroatoms. The molecule has 8 nitrogen and oxygen atoms in total. The molecule has 0 spiro atoms. The molecule has 0 unspecified atom stereocenters. The van der Waals surface area contributed by atoms with Crippen molar-refractivity contribution in [2.45, 2.75) is 0 Å². The Hall–Kier alpha value is -7.32. The van der Waals surface area contributed by atoms with E-state index >= 15 is 0 Å². The van der Waals surface area contributed by atoms with E-state index in [0.717, 1.165) is 83.9 Å². The van der Waals surface area contributed by atoms with Gasteiger partial charge in [-0.1, -0.05) is 66.7 Å². The highest BCUT2D eigenvalue weighted by molar-refractivity contribution is 6.12. The molecule has 1 N–H and O–H groups in total. The first kappa shape index (κ1) is 34.4. The molecule has 4 aromatic carbocycles. The molecule has 0 aliphatic carbocycles. The molecule has 8 bridgehead atoms. The number of benzene rings is 4. The molecule has 2 aliphatic rings. The van der Waals surface area contributed by atoms with Crippen LogP contribution in [0.4, 0.5) is 0 Å². The van der Waals surface area contributed by atoms with Crippen molar-refractivity contribution in [2.24, 2.45) is 0 Å². The number of para-hydroxylation sites is 5. The highest BCUT2D eigenvalue weighted by Crippen LogP contribution is 2.52. The summed E-state index contributed by atoms with van der Waals surface area (Å²) in [6.07, 6.45) is 8.20. The number of rotatable bonds is 8. The average Bonchev–Trinajstić information content (AvgIpc) is 4.06. The first-order chi connectivity index (χ1) is 27.6. The molecule has 56 heavy (non-hydrogen) atoms. The van der Waals surface area contributed by atoms with Crippen LogP contribution in [0.3, 0.4) is 0 Å². The molecule has 0 saturated carbocycles. The van der Waals surface area contributed by atoms with Gasteiger partial charge in [-0.25, -0.2) is 9.97 Å². The third-order valence-electron chi connectivity index (χ3n) is 10.1. The lowest BCUT2D eigenvalue weighted by Gasteiger charge is -2.17. The van der Waals surface area contributed by atoms with Gasteiger partial charge in [0.25, 0.3) is 0 Å². The second kappa shape index (κ2) is 14.5. The van der Waals surface area contributed by atoms with Gasteiger partial charge in [-0.3, -0.25) is 0 Å². The van der Waals surface area contributed by atoms with E-state index < -0.39 is 0 Å². The predicted molar refractivity (Wildman–Crippen MR) is 226 cm³/mol. The lowest BCUT2D eigenvalue weighted by atomic mass is 9.92. The molecule has 7 aromatic rings. The van der Waals surface area contributed by atoms with Crippen LogP contribution in [0.5, 0.6) is 23.0 Å². The number of ether oxygens (including phenoxy) is 4. The minimum absolute atomic E-state index is 0.681. The van der Waals surface area contributed by atoms with Crippen molar-refractivity contribution in [1.82, 2.24) is 19.5 Å². The number of H-pyrrole nitrogens is 1. The standard InChI is InChI=1S/C48H38N4O4/c1-53-41-17-9-5-13-35(41)45-38-26-25-33(51-38)28-32-22-21-30(49-32)27-31-23-24-34(50-31)29-40-46(36-14-6-10-18-42(36)54-2)47(37-15-7-11-19-43(37)55-3)48(45)52(40)39-16-8-12-20-44(39)56-4/h5-29,49H,1-4H3. The summed E-state index contributed by atoms with van der Waals surface area (Å²) in [6.45, 7) is 0. The second-order valence-electron chi connectivity index (χ2n) is 13.3. The SMILES string of the molecule is COc1ccccc1-c1c(-c2ccccc2OC)c2c(-c3ccccc3OC)c3nc(cc4ccc(cc5nc(cc1n2-c1ccccc1OC)C=C5)[nH]4)C=C3. The average molecular weight is 735 g/mol. The van der Waals surface area contributed by atoms with Crippen molar-refractivity contribution in [3.63, 3.8) is 0 Å². The molecule has 0 radical (unpaired) electrons. The van der Waals surface area contributed by atoms with Crippen molar-refractivity contribution in [3.8, 4) is 62.1 Å². The van der Waals surface area contributed by atoms with Crippen LogP contribution in [0.2, 0.25) is 0 Å². The number of fused-ring (bicyclic) bond motifs is 8. The van der Waals surface area contributed by atoms with Crippen molar-refractivity contribution in [2.75, 3.05) is 28.4 Å². The third kappa shape index (κ3) is 5.97. The molecule has 3 aromatic heterocycles. The first-order valence-corrected chi connectivity index (χ1v) is 18.3. The maximum absolute atomic E-state index is 6.18. The molecule has 5 heterocycles. The Morgan fingerprint density at radius 3 is 1.50 bits per heavy atom. The van der Waals surface area contributed by atoms with Crippen molar-refractivity contribution in [3.05, 3.63) is 150 Å². The molecular formula is C48H38N4O4. The Morgan fingerprint density at radius 2 is 0.911 bits per heavy atom. The largest absolute Gasteiger partial charge is 0.496 e. The summed E-state index contributed by atoms with van der Waals surface area (Å²) in [4.78, 5) is 14.0. The molecule has 9 rings (SSSR count). The van der Waals surface area contributed by atoms with Gasteiger partial charge in [0.2, 0.25) is 0 Å². The summed E-state index contributed by atoms with van der Waals surface area (Å²) in [5.41, 5.74) is 12.8. The van der Waals surface area contributed by atoms with Crippen LogP contribution in [-0.4, -0.2) is 48.0 Å². The van der Waals surface area contributed by atoms with E-state index in [1.165, 1.54) is 0 Å². The van der Waals surface area contributed by atoms with Gasteiger partial charge in [0.1, 0.15) is 23.0 Å². The highest BCUT2D eigenvalue weighted by Gasteiger charge is 2.30. The number of aromatic amines is 1. The summed E-state index contributed by atoms with van der Waals surface area (Å²) in [5, 5.41) is 0. The van der Waals surface area contributed by atoms with Crippen LogP contribution in [0.25, 0.3) is 85.4 Å². The normalized spacial score (nSPS) is 11.8. The fourth-order valence-corrected chi connectivity index (χ4v) is 7.71. The van der Waals surface area contributed by atoms with Crippen LogP contribution >= 0.6 is 0 Å². The van der Waals surface area contributed by atoms with E-state index in [1.807, 2.05) is 97.1 Å². The maximum Gasteiger partial charge on any atom is 0.142 e. The fraction of sp³-hybridized carbons (Fsp3) is 0.0833. The van der Waals surface area contributed by atoms with E-state index in [-0.39, 0.29) is 0 Å². The number of methoxy groups -OCH3 is 4. The van der Waals surface area contributed by atoms with Gasteiger partial charge in [0.15, 0.2) is 0 Å². The first-order valence-electron chi connectivity index (χ1n) is 18.3. The lowest BCUT2D eigenvalue weighted by Crippen LogP contribution is -2.01. The van der Waals surface area contributed by atoms with Crippen LogP contribution in [0.1, 0.15) is 22.8 Å². The third-order valence-corrected chi connectivity index (χ3v) is 10.1. The van der Waals surface area contributed by atoms with Gasteiger partial charge in [-0.15, -0.1) is 0 Å². The molecular weight excluding hydrogens is 697 g/mol. The second-order valence-corrected chi connectivity index (χ2v) is 13.3. The Morgan fingerprint density at radius 1 is 0.446 bits per heavy atom. The highest BCUT2D eigenvalue weighted by atomic mass is 16.5. The van der Waals surface area contributed by atoms with E-state index in [9.17, 15) is 0 Å². The summed E-state index contributed by atoms with van der Waals surface area (Å²) in [7, 11) is 6.81. The van der Waals surface area contributed by atoms with Crippen LogP contribution in [0.15, 0.2) is 127 Å². The Kier molecular flexibility index (Phi) is 8.91. The Labute approximate surface area is 324 Å². The monoisotopic (exact) mass is 734 g/mol. The molecule has 2 aliphatic heterocycles. The van der Waals surface area contributed by atoms with E-state index in [4.69, 9.17) is 28.9 Å². The topological polar surface area (TPSA) is 83.4 Å². The Bertz CT molecular complexity index is 2880. The van der Waals surface area contributed by atoms with E-state index in [2.05, 4.69) is 64.2 Å². The Balaban J connectivity index is 1.67. The van der Waals surface area contributed by atoms with Crippen molar-refractivity contribution in [1.29, 1.82) is 0 Å². The number of nitrogens with zero attached hydrogens (tertiary/aromatic N) is 3. The molecule has 274 valence electrons. The lowest BCUT2D eigenvalue weighted by molar-refractivity contribution is 0.413. The number of hydrogen-bond donors (Lipinski definition) is 1. The van der Waals surface area contributed by atoms with E-state index in [0.29, 0.717) is 23.0 Å². The van der Waals surface area contributed by atoms with Gasteiger partial charge >= 0.3 is 0 Å². The number of nitrogens with one attached hydrogen (secondary N) is 1. The number of aromatic nitrogens is 4. The van der Waals surface area contributed by atoms with Crippen LogP contribution < -0.4 is 18.9 Å². The molecule has 0 amide bonds. The van der Waals surface area contributed by atoms with Crippen LogP contribution in [0, 0.1) is 0 Å². The molecule has 0 atom stereocenters. The predicted octanol–water partition coefficient (Wildman–Crippen LogP) is 11.2. The smallest absolute Gasteiger partial charge is 0.142 e. The minimum atomic E-state index is 0.681. The molecule has 0 saturated heterocycles. The zero-order valence-electron chi connectivity index (χ0n) is 31.4. The summed E-state index contributed by atoms with van der Waals surface area (Å²) in [6, 6.07) is 42.7. The fourth-order valence-electron chi connectivity index (χ4n) is 7.71. The maximum atomic E-state index is 6.18. The van der Waals surface area contributed by atoms with E-state index in [1.54, 1.807) is 28.4 Å². The van der Waals surface area contributed by atoms with Crippen molar-refractivity contribution >= 4 is 46.4 Å². The quantitative estimate of drug-likeness (QED) is 0.167. The summed E-state index contributed by atoms with van der Waals surface area (Å²) in [5.74, 6) is 2.79. The summed E-state index contributed by atoms with van der Waals surface area (Å²) < 4.78 is 26.9. The van der Waals surface area contributed by atoms with Gasteiger partial charge in [0, 0.05) is 44.4 Å². The minimum Gasteiger partial charge on any atom is -0.496 e. The zero-order chi connectivity index (χ0) is 38.2. The van der Waals surface area contributed by atoms with Gasteiger partial charge in [0.05, 0.1) is 67.9 Å². The van der Waals surface area contributed by atoms with Crippen molar-refractivity contribution < 1.29 is 18.9 Å².